The van der Waals surface area contributed by atoms with E-state index in [1.165, 1.54) is 24.3 Å². The Hall–Kier alpha value is -3.35. The van der Waals surface area contributed by atoms with Crippen LogP contribution in [0.15, 0.2) is 48.5 Å². The van der Waals surface area contributed by atoms with E-state index < -0.39 is 17.8 Å². The summed E-state index contributed by atoms with van der Waals surface area (Å²) in [6.45, 7) is 2.26. The molecule has 2 rings (SSSR count). The molecule has 0 heterocycles. The van der Waals surface area contributed by atoms with Gasteiger partial charge in [0.15, 0.2) is 0 Å². The maximum absolute atomic E-state index is 12.1. The molecular formula is C19H20N2O5. The quantitative estimate of drug-likeness (QED) is 0.319. The largest absolute Gasteiger partial charge is 0.506 e. The summed E-state index contributed by atoms with van der Waals surface area (Å²) in [5.41, 5.74) is 0.443. The molecule has 0 spiro atoms. The first-order valence-corrected chi connectivity index (χ1v) is 8.19. The van der Waals surface area contributed by atoms with Gasteiger partial charge in [0.05, 0.1) is 23.5 Å². The highest BCUT2D eigenvalue weighted by molar-refractivity contribution is 6.44. The van der Waals surface area contributed by atoms with E-state index in [1.807, 2.05) is 6.92 Å². The number of anilines is 2. The lowest BCUT2D eigenvalue weighted by molar-refractivity contribution is -0.133. The van der Waals surface area contributed by atoms with E-state index in [2.05, 4.69) is 10.6 Å². The second kappa shape index (κ2) is 9.22. The maximum Gasteiger partial charge on any atom is 0.340 e. The normalized spacial score (nSPS) is 10.0. The molecule has 3 N–H and O–H groups in total. The molecule has 0 unspecified atom stereocenters. The van der Waals surface area contributed by atoms with Gasteiger partial charge in [0.25, 0.3) is 0 Å². The molecule has 136 valence electrons. The van der Waals surface area contributed by atoms with Gasteiger partial charge in [0, 0.05) is 0 Å². The number of carbonyl (C=O) groups is 3. The van der Waals surface area contributed by atoms with Crippen molar-refractivity contribution >= 4 is 29.2 Å². The van der Waals surface area contributed by atoms with Crippen LogP contribution in [0.4, 0.5) is 11.4 Å². The van der Waals surface area contributed by atoms with Crippen molar-refractivity contribution in [1.82, 2.24) is 0 Å². The van der Waals surface area contributed by atoms with Crippen LogP contribution < -0.4 is 10.6 Å². The topological polar surface area (TPSA) is 105 Å². The first-order chi connectivity index (χ1) is 12.5. The molecule has 0 aliphatic carbocycles. The zero-order valence-electron chi connectivity index (χ0n) is 14.3. The molecule has 0 aromatic heterocycles. The summed E-state index contributed by atoms with van der Waals surface area (Å²) < 4.78 is 5.14. The van der Waals surface area contributed by atoms with Gasteiger partial charge in [-0.3, -0.25) is 9.59 Å². The van der Waals surface area contributed by atoms with Crippen LogP contribution in [0, 0.1) is 0 Å². The number of phenols is 1. The summed E-state index contributed by atoms with van der Waals surface area (Å²) in [4.78, 5) is 36.2. The number of benzene rings is 2. The van der Waals surface area contributed by atoms with Crippen molar-refractivity contribution in [3.05, 3.63) is 54.1 Å². The summed E-state index contributed by atoms with van der Waals surface area (Å²) in [5.74, 6) is -2.67. The van der Waals surface area contributed by atoms with Crippen molar-refractivity contribution < 1.29 is 24.2 Å². The highest BCUT2D eigenvalue weighted by Crippen LogP contribution is 2.21. The Kier molecular flexibility index (Phi) is 6.73. The number of aromatic hydroxyl groups is 1. The monoisotopic (exact) mass is 356 g/mol. The second-order valence-corrected chi connectivity index (χ2v) is 5.46. The van der Waals surface area contributed by atoms with Crippen LogP contribution in [0.25, 0.3) is 0 Å². The summed E-state index contributed by atoms with van der Waals surface area (Å²) in [6, 6.07) is 12.3. The van der Waals surface area contributed by atoms with Crippen LogP contribution in [0.1, 0.15) is 30.1 Å². The van der Waals surface area contributed by atoms with Gasteiger partial charge in [-0.2, -0.15) is 0 Å². The maximum atomic E-state index is 12.1. The van der Waals surface area contributed by atoms with Gasteiger partial charge in [-0.25, -0.2) is 4.79 Å². The first-order valence-electron chi connectivity index (χ1n) is 8.19. The van der Waals surface area contributed by atoms with E-state index in [-0.39, 0.29) is 29.3 Å². The Morgan fingerprint density at radius 1 is 0.923 bits per heavy atom. The third-order valence-electron chi connectivity index (χ3n) is 3.48. The number of ether oxygens (including phenoxy) is 1. The van der Waals surface area contributed by atoms with Crippen molar-refractivity contribution in [3.63, 3.8) is 0 Å². The van der Waals surface area contributed by atoms with Crippen molar-refractivity contribution in [3.8, 4) is 5.75 Å². The summed E-state index contributed by atoms with van der Waals surface area (Å²) >= 11 is 0. The summed E-state index contributed by atoms with van der Waals surface area (Å²) in [6.07, 6.45) is 1.63. The molecule has 0 atom stereocenters. The number of hydrogen-bond acceptors (Lipinski definition) is 5. The van der Waals surface area contributed by atoms with E-state index in [4.69, 9.17) is 4.74 Å². The molecule has 7 heteroatoms. The van der Waals surface area contributed by atoms with E-state index in [0.29, 0.717) is 0 Å². The lowest BCUT2D eigenvalue weighted by Gasteiger charge is -2.11. The first kappa shape index (κ1) is 19.0. The number of esters is 1. The Morgan fingerprint density at radius 3 is 2.15 bits per heavy atom. The third-order valence-corrected chi connectivity index (χ3v) is 3.48. The smallest absolute Gasteiger partial charge is 0.340 e. The summed E-state index contributed by atoms with van der Waals surface area (Å²) in [5, 5.41) is 14.3. The van der Waals surface area contributed by atoms with Gasteiger partial charge in [0.1, 0.15) is 5.75 Å². The van der Waals surface area contributed by atoms with Crippen LogP contribution in [-0.2, 0) is 14.3 Å². The fraction of sp³-hybridized carbons (Fsp3) is 0.211. The molecular weight excluding hydrogens is 336 g/mol. The molecule has 0 aliphatic rings. The molecule has 26 heavy (non-hydrogen) atoms. The Labute approximate surface area is 151 Å². The average molecular weight is 356 g/mol. The predicted molar refractivity (Wildman–Crippen MR) is 97.0 cm³/mol. The highest BCUT2D eigenvalue weighted by atomic mass is 16.5. The average Bonchev–Trinajstić information content (AvgIpc) is 2.64. The number of para-hydroxylation sites is 3. The van der Waals surface area contributed by atoms with Crippen molar-refractivity contribution in [2.45, 2.75) is 19.8 Å². The molecule has 0 radical (unpaired) electrons. The Balaban J connectivity index is 2.05. The van der Waals surface area contributed by atoms with Gasteiger partial charge >= 0.3 is 17.8 Å². The minimum Gasteiger partial charge on any atom is -0.506 e. The van der Waals surface area contributed by atoms with Crippen molar-refractivity contribution in [2.24, 2.45) is 0 Å². The molecule has 2 amide bonds. The van der Waals surface area contributed by atoms with E-state index in [1.54, 1.807) is 24.3 Å². The van der Waals surface area contributed by atoms with Crippen LogP contribution in [0.2, 0.25) is 0 Å². The fourth-order valence-electron chi connectivity index (χ4n) is 2.09. The van der Waals surface area contributed by atoms with Crippen molar-refractivity contribution in [1.29, 1.82) is 0 Å². The van der Waals surface area contributed by atoms with Crippen LogP contribution >= 0.6 is 0 Å². The molecule has 0 aliphatic heterocycles. The van der Waals surface area contributed by atoms with Gasteiger partial charge in [-0.1, -0.05) is 37.6 Å². The van der Waals surface area contributed by atoms with Gasteiger partial charge in [-0.15, -0.1) is 0 Å². The standard InChI is InChI=1S/C19H20N2O5/c1-2-3-12-26-19(25)13-8-4-5-9-14(13)20-17(23)18(24)21-15-10-6-7-11-16(15)22/h4-11,22H,2-3,12H2,1H3,(H,20,23)(H,21,24). The van der Waals surface area contributed by atoms with Crippen LogP contribution in [0.5, 0.6) is 5.75 Å². The zero-order valence-corrected chi connectivity index (χ0v) is 14.3. The molecule has 2 aromatic carbocycles. The second-order valence-electron chi connectivity index (χ2n) is 5.46. The van der Waals surface area contributed by atoms with Gasteiger partial charge < -0.3 is 20.5 Å². The number of unbranched alkanes of at least 4 members (excludes halogenated alkanes) is 1. The lowest BCUT2D eigenvalue weighted by atomic mass is 10.1. The van der Waals surface area contributed by atoms with E-state index in [9.17, 15) is 19.5 Å². The van der Waals surface area contributed by atoms with Gasteiger partial charge in [0.2, 0.25) is 0 Å². The fourth-order valence-corrected chi connectivity index (χ4v) is 2.09. The number of amides is 2. The number of rotatable bonds is 6. The molecule has 7 nitrogen and oxygen atoms in total. The van der Waals surface area contributed by atoms with E-state index >= 15 is 0 Å². The SMILES string of the molecule is CCCCOC(=O)c1ccccc1NC(=O)C(=O)Nc1ccccc1O. The highest BCUT2D eigenvalue weighted by Gasteiger charge is 2.19. The lowest BCUT2D eigenvalue weighted by Crippen LogP contribution is -2.29. The molecule has 0 bridgehead atoms. The Bertz CT molecular complexity index is 804. The Morgan fingerprint density at radius 2 is 1.50 bits per heavy atom. The van der Waals surface area contributed by atoms with Gasteiger partial charge in [-0.05, 0) is 30.7 Å². The number of hydrogen-bond donors (Lipinski definition) is 3. The summed E-state index contributed by atoms with van der Waals surface area (Å²) in [7, 11) is 0. The zero-order chi connectivity index (χ0) is 18.9. The molecule has 0 saturated heterocycles. The van der Waals surface area contributed by atoms with Crippen LogP contribution in [-0.4, -0.2) is 29.5 Å². The number of phenolic OH excluding ortho intramolecular Hbond substituents is 1. The van der Waals surface area contributed by atoms with Crippen molar-refractivity contribution in [2.75, 3.05) is 17.2 Å². The minimum atomic E-state index is -0.972. The molecule has 2 aromatic rings. The third kappa shape index (κ3) is 5.07. The van der Waals surface area contributed by atoms with Crippen LogP contribution in [0.3, 0.4) is 0 Å². The number of nitrogens with one attached hydrogen (secondary N) is 2. The molecule has 0 fully saturated rings. The molecule has 0 saturated carbocycles. The van der Waals surface area contributed by atoms with E-state index in [0.717, 1.165) is 12.8 Å². The number of carbonyl (C=O) groups excluding carboxylic acids is 3. The predicted octanol–water partition coefficient (Wildman–Crippen LogP) is 2.93. The minimum absolute atomic E-state index is 0.111.